The number of methoxy groups -OCH3 is 2. The molecule has 2 aliphatic rings. The summed E-state index contributed by atoms with van der Waals surface area (Å²) in [7, 11) is 2.77. The molecule has 0 saturated carbocycles. The molecule has 0 radical (unpaired) electrons. The first kappa shape index (κ1) is 30.1. The number of rotatable bonds is 6. The molecule has 8 heteroatoms. The molecule has 222 valence electrons. The molecule has 8 bridgehead atoms. The summed E-state index contributed by atoms with van der Waals surface area (Å²) in [6.45, 7) is 7.93. The number of nitrogens with zero attached hydrogens (tertiary/aromatic N) is 2. The number of hydrogen-bond donors (Lipinski definition) is 2. The van der Waals surface area contributed by atoms with Crippen LogP contribution in [0.1, 0.15) is 71.7 Å². The van der Waals surface area contributed by atoms with Crippen molar-refractivity contribution in [1.82, 2.24) is 19.9 Å². The Morgan fingerprint density at radius 3 is 1.50 bits per heavy atom. The van der Waals surface area contributed by atoms with Crippen LogP contribution in [0.25, 0.3) is 44.4 Å². The zero-order chi connectivity index (χ0) is 31.7. The van der Waals surface area contributed by atoms with Crippen LogP contribution >= 0.6 is 0 Å². The fraction of sp³-hybridized carbons (Fsp3) is 0.278. The second-order valence-electron chi connectivity index (χ2n) is 10.9. The molecule has 3 aromatic heterocycles. The van der Waals surface area contributed by atoms with Crippen molar-refractivity contribution >= 4 is 56.3 Å². The lowest BCUT2D eigenvalue weighted by molar-refractivity contribution is -0.141. The van der Waals surface area contributed by atoms with Crippen molar-refractivity contribution in [2.75, 3.05) is 14.2 Å². The smallest absolute Gasteiger partial charge is 0.305 e. The molecule has 5 rings (SSSR count). The Balaban J connectivity index is 1.92. The van der Waals surface area contributed by atoms with Gasteiger partial charge in [0.2, 0.25) is 0 Å². The first-order valence-corrected chi connectivity index (χ1v) is 14.3. The summed E-state index contributed by atoms with van der Waals surface area (Å²) in [4.78, 5) is 41.2. The Kier molecular flexibility index (Phi) is 8.29. The average molecular weight is 587 g/mol. The van der Waals surface area contributed by atoms with E-state index in [2.05, 4.69) is 21.8 Å². The van der Waals surface area contributed by atoms with Gasteiger partial charge in [-0.25, -0.2) is 9.97 Å². The van der Waals surface area contributed by atoms with Gasteiger partial charge in [0, 0.05) is 34.9 Å². The van der Waals surface area contributed by atoms with Gasteiger partial charge >= 0.3 is 11.9 Å². The summed E-state index contributed by atoms with van der Waals surface area (Å²) in [5.74, 6) is 5.03. The maximum absolute atomic E-state index is 12.1. The van der Waals surface area contributed by atoms with Gasteiger partial charge in [0.05, 0.1) is 48.1 Å². The van der Waals surface area contributed by atoms with Crippen LogP contribution in [0.2, 0.25) is 0 Å². The zero-order valence-corrected chi connectivity index (χ0v) is 25.8. The van der Waals surface area contributed by atoms with Crippen LogP contribution in [-0.4, -0.2) is 46.1 Å². The van der Waals surface area contributed by atoms with Gasteiger partial charge in [0.15, 0.2) is 0 Å². The van der Waals surface area contributed by atoms with E-state index in [1.807, 2.05) is 52.0 Å². The molecule has 0 atom stereocenters. The summed E-state index contributed by atoms with van der Waals surface area (Å²) < 4.78 is 9.86. The van der Waals surface area contributed by atoms with E-state index in [1.54, 1.807) is 0 Å². The molecule has 5 heterocycles. The third-order valence-electron chi connectivity index (χ3n) is 8.44. The second kappa shape index (κ2) is 12.1. The summed E-state index contributed by atoms with van der Waals surface area (Å²) in [6.07, 6.45) is 13.3. The molecule has 0 spiro atoms. The maximum Gasteiger partial charge on any atom is 0.305 e. The van der Waals surface area contributed by atoms with Crippen LogP contribution < -0.4 is 0 Å². The highest BCUT2D eigenvalue weighted by atomic mass is 16.5. The Morgan fingerprint density at radius 1 is 0.659 bits per heavy atom. The lowest BCUT2D eigenvalue weighted by Crippen LogP contribution is -2.02. The number of carbonyl (C=O) groups is 2. The number of hydrogen-bond acceptors (Lipinski definition) is 6. The minimum atomic E-state index is -0.293. The van der Waals surface area contributed by atoms with Crippen LogP contribution in [0.15, 0.2) is 24.3 Å². The maximum atomic E-state index is 12.1. The molecule has 0 amide bonds. The molecule has 0 aromatic carbocycles. The second-order valence-corrected chi connectivity index (χ2v) is 10.9. The SMILES string of the molecule is C#CC1=C(C)c2cc3[nH]c(cc4[nH]c(cc5nc(cc1n2)C(C)=C5C#C)c(C)c4CCC(=O)OC)c(CCC(=O)OC)c3C. The third kappa shape index (κ3) is 5.43. The topological polar surface area (TPSA) is 110 Å². The molecule has 2 aliphatic heterocycles. The minimum Gasteiger partial charge on any atom is -0.469 e. The molecule has 0 aliphatic carbocycles. The molecule has 44 heavy (non-hydrogen) atoms. The lowest BCUT2D eigenvalue weighted by atomic mass is 10.0. The van der Waals surface area contributed by atoms with Gasteiger partial charge in [0.1, 0.15) is 0 Å². The first-order valence-electron chi connectivity index (χ1n) is 14.3. The number of H-pyrrole nitrogens is 2. The third-order valence-corrected chi connectivity index (χ3v) is 8.44. The van der Waals surface area contributed by atoms with Crippen LogP contribution in [0, 0.1) is 38.5 Å². The van der Waals surface area contributed by atoms with Gasteiger partial charge in [-0.3, -0.25) is 9.59 Å². The summed E-state index contributed by atoms with van der Waals surface area (Å²) in [5, 5.41) is 0. The number of nitrogens with one attached hydrogen (secondary N) is 2. The molecule has 0 fully saturated rings. The van der Waals surface area contributed by atoms with E-state index in [9.17, 15) is 9.59 Å². The van der Waals surface area contributed by atoms with E-state index in [1.165, 1.54) is 14.2 Å². The number of allylic oxidation sites excluding steroid dienone is 4. The predicted octanol–water partition coefficient (Wildman–Crippen LogP) is 6.27. The van der Waals surface area contributed by atoms with E-state index in [-0.39, 0.29) is 24.8 Å². The van der Waals surface area contributed by atoms with Gasteiger partial charge in [-0.05, 0) is 98.2 Å². The summed E-state index contributed by atoms with van der Waals surface area (Å²) >= 11 is 0. The number of carbonyl (C=O) groups excluding carboxylic acids is 2. The minimum absolute atomic E-state index is 0.220. The number of aryl methyl sites for hydroxylation is 4. The van der Waals surface area contributed by atoms with Crippen LogP contribution in [0.5, 0.6) is 0 Å². The molecule has 2 N–H and O–H groups in total. The quantitative estimate of drug-likeness (QED) is 0.260. The summed E-state index contributed by atoms with van der Waals surface area (Å²) in [6, 6.07) is 7.83. The van der Waals surface area contributed by atoms with Crippen molar-refractivity contribution in [2.45, 2.75) is 53.4 Å². The van der Waals surface area contributed by atoms with E-state index in [0.717, 1.165) is 61.2 Å². The number of fused-ring (bicyclic) bond motifs is 8. The van der Waals surface area contributed by atoms with E-state index < -0.39 is 0 Å². The molecule has 8 nitrogen and oxygen atoms in total. The van der Waals surface area contributed by atoms with Crippen LogP contribution in [-0.2, 0) is 31.9 Å². The zero-order valence-electron chi connectivity index (χ0n) is 25.8. The standard InChI is InChI=1S/C36H34N4O4/c1-9-23-19(3)27-15-28-21(5)25(11-13-35(41)43-7)33(39-28)18-34-26(12-14-36(42)44-8)22(6)30(40-34)17-32-24(10-2)20(4)29(38-32)16-31(23)37-27/h1-2,15-18,39-40H,11-14H2,3-8H3. The first-order chi connectivity index (χ1) is 21.1. The largest absolute Gasteiger partial charge is 0.469 e. The van der Waals surface area contributed by atoms with Gasteiger partial charge in [-0.2, -0.15) is 0 Å². The van der Waals surface area contributed by atoms with Gasteiger partial charge in [-0.15, -0.1) is 12.8 Å². The normalized spacial score (nSPS) is 12.6. The van der Waals surface area contributed by atoms with Gasteiger partial charge < -0.3 is 19.4 Å². The van der Waals surface area contributed by atoms with Gasteiger partial charge in [-0.1, -0.05) is 11.8 Å². The lowest BCUT2D eigenvalue weighted by Gasteiger charge is -2.02. The van der Waals surface area contributed by atoms with Crippen molar-refractivity contribution in [1.29, 1.82) is 0 Å². The molecule has 3 aromatic rings. The van der Waals surface area contributed by atoms with Gasteiger partial charge in [0.25, 0.3) is 0 Å². The van der Waals surface area contributed by atoms with Crippen molar-refractivity contribution in [3.8, 4) is 24.7 Å². The average Bonchev–Trinajstić information content (AvgIpc) is 3.67. The highest BCUT2D eigenvalue weighted by Crippen LogP contribution is 2.35. The van der Waals surface area contributed by atoms with E-state index >= 15 is 0 Å². The number of esters is 2. The number of ether oxygens (including phenoxy) is 2. The monoisotopic (exact) mass is 586 g/mol. The fourth-order valence-electron chi connectivity index (χ4n) is 5.78. The fourth-order valence-corrected chi connectivity index (χ4v) is 5.78. The molecular formula is C36H34N4O4. The Labute approximate surface area is 256 Å². The van der Waals surface area contributed by atoms with Crippen LogP contribution in [0.3, 0.4) is 0 Å². The Morgan fingerprint density at radius 2 is 1.07 bits per heavy atom. The van der Waals surface area contributed by atoms with E-state index in [0.29, 0.717) is 41.1 Å². The van der Waals surface area contributed by atoms with E-state index in [4.69, 9.17) is 32.3 Å². The van der Waals surface area contributed by atoms with Crippen molar-refractivity contribution in [2.24, 2.45) is 0 Å². The Bertz CT molecular complexity index is 2040. The summed E-state index contributed by atoms with van der Waals surface area (Å²) in [5.41, 5.74) is 13.1. The molecule has 0 saturated heterocycles. The van der Waals surface area contributed by atoms with Crippen LogP contribution in [0.4, 0.5) is 0 Å². The van der Waals surface area contributed by atoms with Crippen molar-refractivity contribution in [3.63, 3.8) is 0 Å². The number of aromatic amines is 2. The molecule has 0 unspecified atom stereocenters. The van der Waals surface area contributed by atoms with Crippen molar-refractivity contribution < 1.29 is 19.1 Å². The Hall–Kier alpha value is -5.34. The number of terminal acetylenes is 2. The predicted molar refractivity (Wildman–Crippen MR) is 174 cm³/mol. The molecular weight excluding hydrogens is 552 g/mol. The van der Waals surface area contributed by atoms with Crippen molar-refractivity contribution in [3.05, 3.63) is 69.3 Å². The number of aromatic nitrogens is 4. The highest BCUT2D eigenvalue weighted by molar-refractivity contribution is 6.02. The highest BCUT2D eigenvalue weighted by Gasteiger charge is 2.21.